The fourth-order valence-electron chi connectivity index (χ4n) is 1.55. The summed E-state index contributed by atoms with van der Waals surface area (Å²) in [4.78, 5) is 1.31. The Bertz CT molecular complexity index is 520. The molecule has 0 amide bonds. The van der Waals surface area contributed by atoms with Crippen molar-refractivity contribution in [3.63, 3.8) is 0 Å². The molecule has 3 heteroatoms. The highest BCUT2D eigenvalue weighted by atomic mass is 32.2. The lowest BCUT2D eigenvalue weighted by atomic mass is 10.1. The van der Waals surface area contributed by atoms with E-state index in [1.165, 1.54) is 20.5 Å². The second-order valence-electron chi connectivity index (χ2n) is 3.08. The maximum Gasteiger partial charge on any atom is 0.0992 e. The molecule has 0 aliphatic heterocycles. The quantitative estimate of drug-likeness (QED) is 0.681. The van der Waals surface area contributed by atoms with Gasteiger partial charge in [-0.3, -0.25) is 0 Å². The van der Waals surface area contributed by atoms with Crippen molar-refractivity contribution in [1.82, 2.24) is 0 Å². The van der Waals surface area contributed by atoms with Crippen LogP contribution >= 0.6 is 23.1 Å². The van der Waals surface area contributed by atoms with Gasteiger partial charge in [-0.2, -0.15) is 5.26 Å². The summed E-state index contributed by atoms with van der Waals surface area (Å²) in [7, 11) is 0. The molecule has 14 heavy (non-hydrogen) atoms. The number of rotatable bonds is 1. The minimum atomic E-state index is 0.754. The summed E-state index contributed by atoms with van der Waals surface area (Å²) in [5, 5.41) is 12.3. The van der Waals surface area contributed by atoms with E-state index in [0.717, 1.165) is 5.56 Å². The molecule has 70 valence electrons. The molecule has 0 fully saturated rings. The third kappa shape index (κ3) is 1.41. The summed E-state index contributed by atoms with van der Waals surface area (Å²) < 4.78 is 1.21. The van der Waals surface area contributed by atoms with Gasteiger partial charge in [0.05, 0.1) is 11.6 Å². The van der Waals surface area contributed by atoms with Crippen LogP contribution in [0.5, 0.6) is 0 Å². The van der Waals surface area contributed by atoms with Crippen LogP contribution in [-0.2, 0) is 0 Å². The highest BCUT2D eigenvalue weighted by Crippen LogP contribution is 2.35. The number of hydrogen-bond donors (Lipinski definition) is 0. The van der Waals surface area contributed by atoms with Gasteiger partial charge in [0.15, 0.2) is 0 Å². The van der Waals surface area contributed by atoms with Gasteiger partial charge in [-0.15, -0.1) is 23.1 Å². The van der Waals surface area contributed by atoms with E-state index in [4.69, 9.17) is 5.26 Å². The summed E-state index contributed by atoms with van der Waals surface area (Å²) in [5.41, 5.74) is 1.95. The molecular formula is C11H9NS2. The molecule has 1 aromatic carbocycles. The van der Waals surface area contributed by atoms with E-state index in [1.807, 2.05) is 12.1 Å². The van der Waals surface area contributed by atoms with Gasteiger partial charge >= 0.3 is 0 Å². The second-order valence-corrected chi connectivity index (χ2v) is 4.84. The fourth-order valence-corrected chi connectivity index (χ4v) is 3.56. The van der Waals surface area contributed by atoms with Crippen molar-refractivity contribution in [2.24, 2.45) is 0 Å². The SMILES string of the molecule is CSc1csc2cc(C#N)cc(C)c12. The van der Waals surface area contributed by atoms with E-state index in [1.54, 1.807) is 23.1 Å². The van der Waals surface area contributed by atoms with Crippen LogP contribution in [-0.4, -0.2) is 6.26 Å². The van der Waals surface area contributed by atoms with Crippen molar-refractivity contribution in [2.75, 3.05) is 6.26 Å². The largest absolute Gasteiger partial charge is 0.192 e. The van der Waals surface area contributed by atoms with Crippen LogP contribution in [0.4, 0.5) is 0 Å². The molecule has 0 N–H and O–H groups in total. The Kier molecular flexibility index (Phi) is 2.49. The maximum atomic E-state index is 8.83. The molecule has 1 aromatic heterocycles. The number of fused-ring (bicyclic) bond motifs is 1. The highest BCUT2D eigenvalue weighted by molar-refractivity contribution is 7.99. The predicted molar refractivity (Wildman–Crippen MR) is 63.1 cm³/mol. The van der Waals surface area contributed by atoms with Crippen LogP contribution in [0.25, 0.3) is 10.1 Å². The second kappa shape index (κ2) is 3.64. The maximum absolute atomic E-state index is 8.83. The van der Waals surface area contributed by atoms with E-state index in [-0.39, 0.29) is 0 Å². The van der Waals surface area contributed by atoms with Crippen LogP contribution < -0.4 is 0 Å². The Morgan fingerprint density at radius 3 is 2.86 bits per heavy atom. The summed E-state index contributed by atoms with van der Waals surface area (Å²) in [5.74, 6) is 0. The zero-order chi connectivity index (χ0) is 10.1. The average molecular weight is 219 g/mol. The van der Waals surface area contributed by atoms with Crippen molar-refractivity contribution in [2.45, 2.75) is 11.8 Å². The smallest absolute Gasteiger partial charge is 0.0992 e. The number of hydrogen-bond acceptors (Lipinski definition) is 3. The summed E-state index contributed by atoms with van der Waals surface area (Å²) in [6.07, 6.45) is 2.08. The van der Waals surface area contributed by atoms with Gasteiger partial charge in [0.1, 0.15) is 0 Å². The predicted octanol–water partition coefficient (Wildman–Crippen LogP) is 3.80. The van der Waals surface area contributed by atoms with E-state index in [9.17, 15) is 0 Å². The first-order valence-corrected chi connectivity index (χ1v) is 6.32. The standard InChI is InChI=1S/C11H9NS2/c1-7-3-8(5-12)4-9-11(7)10(13-2)6-14-9/h3-4,6H,1-2H3. The van der Waals surface area contributed by atoms with Gasteiger partial charge < -0.3 is 0 Å². The zero-order valence-corrected chi connectivity index (χ0v) is 9.63. The molecule has 0 aliphatic rings. The van der Waals surface area contributed by atoms with Gasteiger partial charge in [-0.1, -0.05) is 0 Å². The van der Waals surface area contributed by atoms with Gasteiger partial charge in [0, 0.05) is 20.4 Å². The first kappa shape index (κ1) is 9.57. The van der Waals surface area contributed by atoms with Crippen LogP contribution in [0.1, 0.15) is 11.1 Å². The lowest BCUT2D eigenvalue weighted by Gasteiger charge is -1.99. The first-order chi connectivity index (χ1) is 6.76. The van der Waals surface area contributed by atoms with Gasteiger partial charge in [-0.05, 0) is 30.9 Å². The molecule has 0 bridgehead atoms. The molecule has 0 radical (unpaired) electrons. The van der Waals surface area contributed by atoms with Gasteiger partial charge in [0.2, 0.25) is 0 Å². The van der Waals surface area contributed by atoms with Crippen molar-refractivity contribution in [3.05, 3.63) is 28.6 Å². The highest BCUT2D eigenvalue weighted by Gasteiger charge is 2.07. The number of aryl methyl sites for hydroxylation is 1. The Labute approximate surface area is 91.4 Å². The third-order valence-electron chi connectivity index (χ3n) is 2.19. The zero-order valence-electron chi connectivity index (χ0n) is 8.00. The normalized spacial score (nSPS) is 10.4. The lowest BCUT2D eigenvalue weighted by molar-refractivity contribution is 1.45. The van der Waals surface area contributed by atoms with E-state index >= 15 is 0 Å². The molecule has 0 atom stereocenters. The molecule has 2 aromatic rings. The Balaban J connectivity index is 2.80. The van der Waals surface area contributed by atoms with Crippen LogP contribution in [0.15, 0.2) is 22.4 Å². The van der Waals surface area contributed by atoms with Gasteiger partial charge in [0.25, 0.3) is 0 Å². The molecule has 0 unspecified atom stereocenters. The van der Waals surface area contributed by atoms with E-state index in [0.29, 0.717) is 0 Å². The Hall–Kier alpha value is -0.980. The molecule has 0 saturated carbocycles. The van der Waals surface area contributed by atoms with E-state index in [2.05, 4.69) is 24.6 Å². The summed E-state index contributed by atoms with van der Waals surface area (Å²) in [6.45, 7) is 2.07. The molecule has 0 spiro atoms. The van der Waals surface area contributed by atoms with Crippen LogP contribution in [0, 0.1) is 18.3 Å². The average Bonchev–Trinajstić information content (AvgIpc) is 2.61. The van der Waals surface area contributed by atoms with Crippen molar-refractivity contribution >= 4 is 33.2 Å². The monoisotopic (exact) mass is 219 g/mol. The van der Waals surface area contributed by atoms with Gasteiger partial charge in [-0.25, -0.2) is 0 Å². The summed E-state index contributed by atoms with van der Waals surface area (Å²) in [6, 6.07) is 6.11. The number of thioether (sulfide) groups is 1. The molecule has 2 rings (SSSR count). The topological polar surface area (TPSA) is 23.8 Å². The minimum Gasteiger partial charge on any atom is -0.192 e. The molecule has 0 aliphatic carbocycles. The minimum absolute atomic E-state index is 0.754. The van der Waals surface area contributed by atoms with Crippen LogP contribution in [0.2, 0.25) is 0 Å². The fraction of sp³-hybridized carbons (Fsp3) is 0.182. The number of nitriles is 1. The molecule has 0 saturated heterocycles. The lowest BCUT2D eigenvalue weighted by Crippen LogP contribution is -1.79. The molecular weight excluding hydrogens is 210 g/mol. The molecule has 1 nitrogen and oxygen atoms in total. The van der Waals surface area contributed by atoms with Crippen molar-refractivity contribution < 1.29 is 0 Å². The van der Waals surface area contributed by atoms with Crippen LogP contribution in [0.3, 0.4) is 0 Å². The van der Waals surface area contributed by atoms with E-state index < -0.39 is 0 Å². The third-order valence-corrected chi connectivity index (χ3v) is 4.03. The Morgan fingerprint density at radius 2 is 2.21 bits per heavy atom. The molecule has 1 heterocycles. The van der Waals surface area contributed by atoms with Crippen molar-refractivity contribution in [1.29, 1.82) is 5.26 Å². The number of thiophene rings is 1. The summed E-state index contributed by atoms with van der Waals surface area (Å²) >= 11 is 3.47. The first-order valence-electron chi connectivity index (χ1n) is 4.22. The number of nitrogens with zero attached hydrogens (tertiary/aromatic N) is 1. The Morgan fingerprint density at radius 1 is 1.43 bits per heavy atom. The van der Waals surface area contributed by atoms with Crippen molar-refractivity contribution in [3.8, 4) is 6.07 Å². The number of benzene rings is 1.